The minimum absolute atomic E-state index is 0.0411. The van der Waals surface area contributed by atoms with Crippen LogP contribution >= 0.6 is 0 Å². The molecule has 136 valence electrons. The average Bonchev–Trinajstić information content (AvgIpc) is 2.94. The second-order valence-corrected chi connectivity index (χ2v) is 7.51. The molecule has 0 aliphatic carbocycles. The number of rotatable bonds is 7. The Hall–Kier alpha value is -2.48. The highest BCUT2D eigenvalue weighted by Crippen LogP contribution is 2.33. The van der Waals surface area contributed by atoms with Crippen LogP contribution in [0.4, 0.5) is 5.69 Å². The molecule has 0 N–H and O–H groups in total. The Morgan fingerprint density at radius 1 is 1.24 bits per heavy atom. The third-order valence-electron chi connectivity index (χ3n) is 3.49. The van der Waals surface area contributed by atoms with Gasteiger partial charge in [-0.1, -0.05) is 17.3 Å². The first-order valence-corrected chi connectivity index (χ1v) is 9.24. The summed E-state index contributed by atoms with van der Waals surface area (Å²) in [6, 6.07) is 6.99. The fourth-order valence-corrected chi connectivity index (χ4v) is 3.74. The van der Waals surface area contributed by atoms with Gasteiger partial charge in [0.15, 0.2) is 10.7 Å². The van der Waals surface area contributed by atoms with Crippen LogP contribution in [0, 0.1) is 6.92 Å². The Morgan fingerprint density at radius 2 is 1.92 bits per heavy atom. The van der Waals surface area contributed by atoms with Crippen molar-refractivity contribution in [3.63, 3.8) is 0 Å². The van der Waals surface area contributed by atoms with Crippen molar-refractivity contribution in [3.8, 4) is 5.75 Å². The zero-order valence-electron chi connectivity index (χ0n) is 15.1. The van der Waals surface area contributed by atoms with Crippen LogP contribution in [-0.2, 0) is 10.0 Å². The zero-order chi connectivity index (χ0) is 18.6. The summed E-state index contributed by atoms with van der Waals surface area (Å²) in [4.78, 5) is 1.83. The lowest BCUT2D eigenvalue weighted by Crippen LogP contribution is -2.28. The Balaban J connectivity index is 2.51. The highest BCUT2D eigenvalue weighted by atomic mass is 32.2. The topological polar surface area (TPSA) is 75.9 Å². The fourth-order valence-electron chi connectivity index (χ4n) is 2.28. The van der Waals surface area contributed by atoms with Gasteiger partial charge in [0.1, 0.15) is 11.4 Å². The summed E-state index contributed by atoms with van der Waals surface area (Å²) in [7, 11) is 1.28. The number of ether oxygens (including phenoxy) is 1. The van der Waals surface area contributed by atoms with E-state index < -0.39 is 10.0 Å². The van der Waals surface area contributed by atoms with Crippen molar-refractivity contribution in [2.75, 3.05) is 32.1 Å². The second kappa shape index (κ2) is 7.60. The molecular weight excluding hydrogens is 342 g/mol. The van der Waals surface area contributed by atoms with E-state index in [1.165, 1.54) is 11.4 Å². The van der Waals surface area contributed by atoms with E-state index >= 15 is 0 Å². The molecule has 0 fully saturated rings. The van der Waals surface area contributed by atoms with E-state index in [0.29, 0.717) is 18.0 Å². The normalized spacial score (nSPS) is 11.7. The van der Waals surface area contributed by atoms with Gasteiger partial charge in [-0.25, -0.2) is 8.42 Å². The molecule has 0 atom stereocenters. The molecule has 0 bridgehead atoms. The molecule has 1 aromatic carbocycles. The maximum Gasteiger partial charge on any atom is 0.269 e. The highest BCUT2D eigenvalue weighted by molar-refractivity contribution is 7.93. The molecule has 0 aliphatic heterocycles. The summed E-state index contributed by atoms with van der Waals surface area (Å²) in [5.41, 5.74) is 0.708. The summed E-state index contributed by atoms with van der Waals surface area (Å²) in [5.74, 6) is 0.731. The van der Waals surface area contributed by atoms with Crippen molar-refractivity contribution < 1.29 is 17.7 Å². The van der Waals surface area contributed by atoms with Gasteiger partial charge in [0.05, 0.1) is 12.3 Å². The molecule has 0 aliphatic rings. The Morgan fingerprint density at radius 3 is 2.56 bits per heavy atom. The van der Waals surface area contributed by atoms with Crippen molar-refractivity contribution in [1.29, 1.82) is 0 Å². The Labute approximate surface area is 148 Å². The van der Waals surface area contributed by atoms with E-state index in [9.17, 15) is 8.42 Å². The molecule has 7 nitrogen and oxygen atoms in total. The number of para-hydroxylation sites is 2. The van der Waals surface area contributed by atoms with E-state index in [0.717, 1.165) is 0 Å². The molecule has 0 amide bonds. The van der Waals surface area contributed by atoms with E-state index in [1.54, 1.807) is 48.4 Å². The molecule has 2 rings (SSSR count). The van der Waals surface area contributed by atoms with Gasteiger partial charge in [-0.2, -0.15) is 0 Å². The lowest BCUT2D eigenvalue weighted by atomic mass is 10.3. The molecule has 1 aromatic heterocycles. The first-order valence-electron chi connectivity index (χ1n) is 7.80. The number of sulfonamides is 1. The van der Waals surface area contributed by atoms with Crippen molar-refractivity contribution in [2.45, 2.75) is 18.7 Å². The van der Waals surface area contributed by atoms with E-state index in [2.05, 4.69) is 5.16 Å². The smallest absolute Gasteiger partial charge is 0.269 e. The van der Waals surface area contributed by atoms with E-state index in [4.69, 9.17) is 9.26 Å². The maximum absolute atomic E-state index is 13.2. The molecular formula is C17H23N3O4S. The van der Waals surface area contributed by atoms with Crippen LogP contribution < -0.4 is 9.04 Å². The summed E-state index contributed by atoms with van der Waals surface area (Å²) in [6.45, 7) is 3.86. The molecule has 0 saturated carbocycles. The third kappa shape index (κ3) is 3.96. The predicted octanol–water partition coefficient (Wildman–Crippen LogP) is 2.74. The third-order valence-corrected chi connectivity index (χ3v) is 5.42. The Bertz CT molecular complexity index is 857. The second-order valence-electron chi connectivity index (χ2n) is 5.61. The molecule has 0 saturated heterocycles. The maximum atomic E-state index is 13.2. The number of nitrogens with zero attached hydrogens (tertiary/aromatic N) is 3. The van der Waals surface area contributed by atoms with E-state index in [-0.39, 0.29) is 16.3 Å². The van der Waals surface area contributed by atoms with Crippen LogP contribution in [0.2, 0.25) is 0 Å². The van der Waals surface area contributed by atoms with Crippen molar-refractivity contribution >= 4 is 21.8 Å². The largest absolute Gasteiger partial charge is 0.492 e. The van der Waals surface area contributed by atoms with E-state index in [1.807, 2.05) is 21.0 Å². The lowest BCUT2D eigenvalue weighted by molar-refractivity contribution is 0.341. The first-order chi connectivity index (χ1) is 11.8. The lowest BCUT2D eigenvalue weighted by Gasteiger charge is -2.21. The number of aryl methyl sites for hydroxylation is 1. The number of anilines is 1. The van der Waals surface area contributed by atoms with Gasteiger partial charge in [0.2, 0.25) is 0 Å². The van der Waals surface area contributed by atoms with Crippen molar-refractivity contribution in [1.82, 2.24) is 10.1 Å². The molecule has 8 heteroatoms. The van der Waals surface area contributed by atoms with Crippen LogP contribution in [0.15, 0.2) is 39.9 Å². The van der Waals surface area contributed by atoms with Gasteiger partial charge in [0, 0.05) is 27.3 Å². The van der Waals surface area contributed by atoms with Crippen LogP contribution in [0.1, 0.15) is 18.4 Å². The molecule has 2 aromatic rings. The highest BCUT2D eigenvalue weighted by Gasteiger charge is 2.31. The van der Waals surface area contributed by atoms with Crippen LogP contribution in [0.25, 0.3) is 6.08 Å². The van der Waals surface area contributed by atoms with Crippen LogP contribution in [0.5, 0.6) is 5.75 Å². The average molecular weight is 365 g/mol. The summed E-state index contributed by atoms with van der Waals surface area (Å²) >= 11 is 0. The number of hydrogen-bond donors (Lipinski definition) is 0. The predicted molar refractivity (Wildman–Crippen MR) is 97.2 cm³/mol. The standard InChI is InChI=1S/C17H23N3O4S/c1-6-23-16-10-8-7-9-15(16)20(5)25(21,22)17-13(2)24-18-14(17)11-12-19(3)4/h7-12H,6H2,1-5H3. The molecule has 0 unspecified atom stereocenters. The number of benzene rings is 1. The van der Waals surface area contributed by atoms with Crippen LogP contribution in [0.3, 0.4) is 0 Å². The van der Waals surface area contributed by atoms with Gasteiger partial charge in [0.25, 0.3) is 10.0 Å². The number of aromatic nitrogens is 1. The first kappa shape index (κ1) is 18.9. The summed E-state index contributed by atoms with van der Waals surface area (Å²) in [6.07, 6.45) is 3.32. The fraction of sp³-hybridized carbons (Fsp3) is 0.353. The molecule has 1 heterocycles. The van der Waals surface area contributed by atoms with Gasteiger partial charge >= 0.3 is 0 Å². The van der Waals surface area contributed by atoms with Gasteiger partial charge in [-0.05, 0) is 32.1 Å². The monoisotopic (exact) mass is 365 g/mol. The van der Waals surface area contributed by atoms with Crippen molar-refractivity contribution in [2.24, 2.45) is 0 Å². The van der Waals surface area contributed by atoms with Gasteiger partial charge in [-0.3, -0.25) is 4.31 Å². The molecule has 0 spiro atoms. The number of hydrogen-bond acceptors (Lipinski definition) is 6. The molecule has 25 heavy (non-hydrogen) atoms. The summed E-state index contributed by atoms with van der Waals surface area (Å²) in [5, 5.41) is 3.86. The summed E-state index contributed by atoms with van der Waals surface area (Å²) < 4.78 is 38.2. The van der Waals surface area contributed by atoms with Crippen LogP contribution in [-0.4, -0.2) is 46.2 Å². The minimum atomic E-state index is -3.87. The van der Waals surface area contributed by atoms with Gasteiger partial charge in [-0.15, -0.1) is 0 Å². The zero-order valence-corrected chi connectivity index (χ0v) is 15.9. The Kier molecular flexibility index (Phi) is 5.73. The quantitative estimate of drug-likeness (QED) is 0.751. The SMILES string of the molecule is CCOc1ccccc1N(C)S(=O)(=O)c1c(C=CN(C)C)noc1C. The minimum Gasteiger partial charge on any atom is -0.492 e. The molecule has 0 radical (unpaired) electrons. The van der Waals surface area contributed by atoms with Crippen molar-refractivity contribution in [3.05, 3.63) is 41.9 Å². The van der Waals surface area contributed by atoms with Gasteiger partial charge < -0.3 is 14.2 Å².